The number of nitrogens with zero attached hydrogens (tertiary/aromatic N) is 3. The fraction of sp³-hybridized carbons (Fsp3) is 0.206. The summed E-state index contributed by atoms with van der Waals surface area (Å²) in [5.41, 5.74) is 3.35. The number of likely N-dealkylation sites (tertiary alicyclic amines) is 1. The number of carbonyl (C=O) groups excluding carboxylic acids is 2. The SMILES string of the molecule is O=C([O-])[C@@H](N=C(c1ccccc1)c1ccccc1[N-]C(=O)[C@@H]1CCCN1Cc1ccccc1)[C@H](O)c1ccccc1.[Na+].[Ni]. The summed E-state index contributed by atoms with van der Waals surface area (Å²) in [4.78, 5) is 32.5. The minimum absolute atomic E-state index is 0. The molecule has 1 saturated heterocycles. The Morgan fingerprint density at radius 3 is 2.12 bits per heavy atom. The van der Waals surface area contributed by atoms with Gasteiger partial charge in [-0.15, -0.1) is 5.69 Å². The molecule has 0 spiro atoms. The maximum Gasteiger partial charge on any atom is 1.00 e. The maximum absolute atomic E-state index is 13.6. The van der Waals surface area contributed by atoms with Crippen molar-refractivity contribution < 1.29 is 65.9 Å². The van der Waals surface area contributed by atoms with Crippen LogP contribution in [-0.2, 0) is 32.6 Å². The Labute approximate surface area is 284 Å². The fourth-order valence-electron chi connectivity index (χ4n) is 5.20. The van der Waals surface area contributed by atoms with Gasteiger partial charge in [-0.3, -0.25) is 9.89 Å². The predicted octanol–water partition coefficient (Wildman–Crippen LogP) is 1.57. The first-order valence-electron chi connectivity index (χ1n) is 13.7. The van der Waals surface area contributed by atoms with Crippen molar-refractivity contribution in [2.45, 2.75) is 37.6 Å². The number of aliphatic imine (C=N–C) groups is 1. The molecule has 7 nitrogen and oxygen atoms in total. The monoisotopic (exact) mass is 626 g/mol. The molecular formula is C34H31N3NaNiO4-. The molecule has 5 rings (SSSR count). The summed E-state index contributed by atoms with van der Waals surface area (Å²) in [5.74, 6) is -1.76. The van der Waals surface area contributed by atoms with Gasteiger partial charge in [-0.25, -0.2) is 0 Å². The number of para-hydroxylation sites is 1. The van der Waals surface area contributed by atoms with E-state index in [4.69, 9.17) is 0 Å². The molecule has 0 radical (unpaired) electrons. The van der Waals surface area contributed by atoms with Crippen molar-refractivity contribution in [3.8, 4) is 0 Å². The number of amides is 1. The summed E-state index contributed by atoms with van der Waals surface area (Å²) < 4.78 is 0. The fourth-order valence-corrected chi connectivity index (χ4v) is 5.20. The van der Waals surface area contributed by atoms with Crippen LogP contribution in [-0.4, -0.2) is 46.2 Å². The smallest absolute Gasteiger partial charge is 0.625 e. The van der Waals surface area contributed by atoms with E-state index in [-0.39, 0.29) is 58.0 Å². The van der Waals surface area contributed by atoms with Gasteiger partial charge in [-0.2, -0.15) is 0 Å². The van der Waals surface area contributed by atoms with Crippen LogP contribution in [0.2, 0.25) is 0 Å². The van der Waals surface area contributed by atoms with Gasteiger partial charge in [0.1, 0.15) is 12.1 Å². The Bertz CT molecular complexity index is 1510. The van der Waals surface area contributed by atoms with E-state index in [0.717, 1.165) is 18.5 Å². The van der Waals surface area contributed by atoms with E-state index in [1.165, 1.54) is 0 Å². The van der Waals surface area contributed by atoms with Crippen molar-refractivity contribution in [2.75, 3.05) is 6.54 Å². The van der Waals surface area contributed by atoms with E-state index in [2.05, 4.69) is 15.2 Å². The largest absolute Gasteiger partial charge is 1.00 e. The van der Waals surface area contributed by atoms with Gasteiger partial charge in [-0.05, 0) is 36.1 Å². The van der Waals surface area contributed by atoms with Gasteiger partial charge in [0, 0.05) is 28.6 Å². The number of carboxylic acid groups (broad SMARTS) is 1. The van der Waals surface area contributed by atoms with Gasteiger partial charge >= 0.3 is 29.6 Å². The predicted molar refractivity (Wildman–Crippen MR) is 157 cm³/mol. The number of hydrogen-bond acceptors (Lipinski definition) is 6. The Morgan fingerprint density at radius 2 is 1.47 bits per heavy atom. The molecule has 1 N–H and O–H groups in total. The second-order valence-corrected chi connectivity index (χ2v) is 10.0. The first kappa shape index (κ1) is 34.4. The third-order valence-electron chi connectivity index (χ3n) is 7.26. The van der Waals surface area contributed by atoms with E-state index in [9.17, 15) is 19.8 Å². The first-order chi connectivity index (χ1) is 20.0. The van der Waals surface area contributed by atoms with Gasteiger partial charge in [0.05, 0.1) is 23.6 Å². The molecule has 4 aromatic carbocycles. The molecule has 3 atom stereocenters. The molecule has 1 fully saturated rings. The van der Waals surface area contributed by atoms with Gasteiger partial charge in [-0.1, -0.05) is 115 Å². The van der Waals surface area contributed by atoms with Crippen LogP contribution in [0.15, 0.2) is 120 Å². The van der Waals surface area contributed by atoms with Crippen LogP contribution in [0.3, 0.4) is 0 Å². The molecule has 0 unspecified atom stereocenters. The summed E-state index contributed by atoms with van der Waals surface area (Å²) in [5, 5.41) is 27.8. The Morgan fingerprint density at radius 1 is 0.884 bits per heavy atom. The van der Waals surface area contributed by atoms with Crippen molar-refractivity contribution >= 4 is 23.3 Å². The van der Waals surface area contributed by atoms with Crippen LogP contribution < -0.4 is 34.7 Å². The van der Waals surface area contributed by atoms with E-state index in [0.29, 0.717) is 41.1 Å². The summed E-state index contributed by atoms with van der Waals surface area (Å²) >= 11 is 0. The number of hydrogen-bond donors (Lipinski definition) is 1. The van der Waals surface area contributed by atoms with Crippen LogP contribution in [0.25, 0.3) is 5.32 Å². The topological polar surface area (TPSA) is 107 Å². The average Bonchev–Trinajstić information content (AvgIpc) is 3.47. The summed E-state index contributed by atoms with van der Waals surface area (Å²) in [6, 6.07) is 32.7. The van der Waals surface area contributed by atoms with E-state index in [1.807, 2.05) is 48.5 Å². The molecule has 1 amide bonds. The molecular weight excluding hydrogens is 596 g/mol. The van der Waals surface area contributed by atoms with Gasteiger partial charge in [0.15, 0.2) is 0 Å². The minimum Gasteiger partial charge on any atom is -0.625 e. The Kier molecular flexibility index (Phi) is 13.3. The van der Waals surface area contributed by atoms with Crippen molar-refractivity contribution in [1.29, 1.82) is 0 Å². The third-order valence-corrected chi connectivity index (χ3v) is 7.26. The quantitative estimate of drug-likeness (QED) is 0.212. The zero-order valence-electron chi connectivity index (χ0n) is 23.9. The Balaban J connectivity index is 0.00000253. The first-order valence-corrected chi connectivity index (χ1v) is 13.7. The zero-order valence-corrected chi connectivity index (χ0v) is 26.8. The van der Waals surface area contributed by atoms with E-state index in [1.54, 1.807) is 66.7 Å². The molecule has 1 heterocycles. The van der Waals surface area contributed by atoms with E-state index < -0.39 is 18.1 Å². The number of aliphatic carboxylic acids is 1. The normalized spacial score (nSPS) is 16.3. The standard InChI is InChI=1S/C34H33N3O4.Na.Ni/c38-32(26-17-8-3-9-18-26)31(34(40)41)36-30(25-15-6-2-7-16-25)27-19-10-11-20-28(27)35-33(39)29-21-12-22-37(29)23-24-13-4-1-5-14-24;;/h1-11,13-20,29,31-32,38H,12,21-23H2,(H2,35,36,39,40,41);;/q;+1;/p-2/t29-,31-,32+;;/m0../s1. The molecule has 9 heteroatoms. The molecule has 0 aromatic heterocycles. The van der Waals surface area contributed by atoms with Gasteiger partial charge < -0.3 is 25.1 Å². The molecule has 218 valence electrons. The van der Waals surface area contributed by atoms with E-state index >= 15 is 0 Å². The number of carbonyl (C=O) groups is 2. The number of rotatable bonds is 10. The summed E-state index contributed by atoms with van der Waals surface area (Å²) in [6.45, 7) is 1.47. The van der Waals surface area contributed by atoms with Crippen molar-refractivity contribution in [2.24, 2.45) is 4.99 Å². The average molecular weight is 627 g/mol. The number of carboxylic acids is 1. The van der Waals surface area contributed by atoms with Crippen molar-refractivity contribution in [3.05, 3.63) is 143 Å². The Hall–Kier alpha value is -3.10. The number of aliphatic hydroxyl groups is 1. The van der Waals surface area contributed by atoms with Crippen LogP contribution in [0.5, 0.6) is 0 Å². The van der Waals surface area contributed by atoms with Crippen LogP contribution in [0.4, 0.5) is 5.69 Å². The maximum atomic E-state index is 13.6. The molecule has 1 aliphatic rings. The van der Waals surface area contributed by atoms with Gasteiger partial charge in [0.25, 0.3) is 0 Å². The zero-order chi connectivity index (χ0) is 28.6. The van der Waals surface area contributed by atoms with Crippen LogP contribution in [0, 0.1) is 0 Å². The van der Waals surface area contributed by atoms with Gasteiger partial charge in [0.2, 0.25) is 0 Å². The van der Waals surface area contributed by atoms with Crippen molar-refractivity contribution in [3.63, 3.8) is 0 Å². The molecule has 0 bridgehead atoms. The minimum atomic E-state index is -1.59. The molecule has 43 heavy (non-hydrogen) atoms. The number of aliphatic hydroxyl groups excluding tert-OH is 1. The third kappa shape index (κ3) is 8.73. The summed E-state index contributed by atoms with van der Waals surface area (Å²) in [7, 11) is 0. The second-order valence-electron chi connectivity index (χ2n) is 10.0. The molecule has 0 aliphatic carbocycles. The number of benzene rings is 4. The molecule has 1 aliphatic heterocycles. The van der Waals surface area contributed by atoms with Crippen LogP contribution in [0.1, 0.15) is 41.2 Å². The van der Waals surface area contributed by atoms with Crippen molar-refractivity contribution in [1.82, 2.24) is 4.90 Å². The summed E-state index contributed by atoms with van der Waals surface area (Å²) in [6.07, 6.45) is 0.185. The molecule has 4 aromatic rings. The van der Waals surface area contributed by atoms with Crippen LogP contribution >= 0.6 is 0 Å². The second kappa shape index (κ2) is 16.7. The molecule has 0 saturated carbocycles.